The number of fused-ring (bicyclic) bond motifs is 3. The van der Waals surface area contributed by atoms with E-state index in [1.807, 2.05) is 11.8 Å². The predicted octanol–water partition coefficient (Wildman–Crippen LogP) is 4.61. The highest BCUT2D eigenvalue weighted by Gasteiger charge is 2.25. The Bertz CT molecular complexity index is 1210. The van der Waals surface area contributed by atoms with Gasteiger partial charge in [0.1, 0.15) is 11.3 Å². The van der Waals surface area contributed by atoms with Gasteiger partial charge in [-0.05, 0) is 56.9 Å². The third-order valence-corrected chi connectivity index (χ3v) is 6.53. The van der Waals surface area contributed by atoms with Gasteiger partial charge in [0.05, 0.1) is 16.8 Å². The van der Waals surface area contributed by atoms with Crippen LogP contribution in [-0.4, -0.2) is 44.3 Å². The van der Waals surface area contributed by atoms with Crippen molar-refractivity contribution in [3.63, 3.8) is 0 Å². The van der Waals surface area contributed by atoms with E-state index in [2.05, 4.69) is 9.88 Å². The number of hydrogen-bond acceptors (Lipinski definition) is 4. The molecule has 166 valence electrons. The first-order valence-corrected chi connectivity index (χ1v) is 11.7. The number of hydrogen-bond donors (Lipinski definition) is 1. The summed E-state index contributed by atoms with van der Waals surface area (Å²) in [4.78, 5) is 37.8. The molecule has 1 fully saturated rings. The summed E-state index contributed by atoms with van der Waals surface area (Å²) in [5.41, 5.74) is 3.46. The first-order valence-electron chi connectivity index (χ1n) is 11.3. The molecule has 7 nitrogen and oxygen atoms in total. The van der Waals surface area contributed by atoms with Gasteiger partial charge in [-0.15, -0.1) is 0 Å². The van der Waals surface area contributed by atoms with Crippen LogP contribution in [-0.2, 0) is 13.0 Å². The van der Waals surface area contributed by atoms with Gasteiger partial charge in [-0.25, -0.2) is 9.97 Å². The zero-order chi connectivity index (χ0) is 22.2. The summed E-state index contributed by atoms with van der Waals surface area (Å²) in [6.07, 6.45) is 6.24. The van der Waals surface area contributed by atoms with Crippen LogP contribution >= 0.6 is 11.6 Å². The Balaban J connectivity index is 1.52. The van der Waals surface area contributed by atoms with E-state index in [1.54, 1.807) is 24.3 Å². The van der Waals surface area contributed by atoms with Crippen molar-refractivity contribution >= 4 is 40.3 Å². The molecule has 1 N–H and O–H groups in total. The van der Waals surface area contributed by atoms with Gasteiger partial charge >= 0.3 is 0 Å². The molecule has 0 radical (unpaired) electrons. The Morgan fingerprint density at radius 2 is 1.75 bits per heavy atom. The zero-order valence-corrected chi connectivity index (χ0v) is 18.9. The molecular formula is C24H26ClN5O2. The van der Waals surface area contributed by atoms with Gasteiger partial charge in [0.2, 0.25) is 0 Å². The van der Waals surface area contributed by atoms with Crippen LogP contribution in [0.2, 0.25) is 5.02 Å². The fourth-order valence-corrected chi connectivity index (χ4v) is 4.85. The fourth-order valence-electron chi connectivity index (χ4n) is 4.68. The van der Waals surface area contributed by atoms with E-state index in [0.29, 0.717) is 27.4 Å². The molecule has 8 heteroatoms. The third-order valence-electron chi connectivity index (χ3n) is 6.29. The van der Waals surface area contributed by atoms with Crippen LogP contribution in [0.15, 0.2) is 24.3 Å². The molecule has 2 amide bonds. The summed E-state index contributed by atoms with van der Waals surface area (Å²) < 4.78 is 2.15. The Kier molecular flexibility index (Phi) is 5.59. The lowest BCUT2D eigenvalue weighted by Gasteiger charge is -2.18. The smallest absolute Gasteiger partial charge is 0.258 e. The Hall–Kier alpha value is -2.93. The van der Waals surface area contributed by atoms with Crippen LogP contribution in [0.4, 0.5) is 5.69 Å². The number of carbonyl (C=O) groups is 2. The van der Waals surface area contributed by atoms with Gasteiger partial charge in [0.15, 0.2) is 5.65 Å². The normalized spacial score (nSPS) is 16.1. The van der Waals surface area contributed by atoms with Crippen LogP contribution in [0.1, 0.15) is 64.3 Å². The van der Waals surface area contributed by atoms with E-state index < -0.39 is 0 Å². The average Bonchev–Trinajstić information content (AvgIpc) is 3.36. The summed E-state index contributed by atoms with van der Waals surface area (Å²) in [5.74, 6) is 0.586. The molecule has 0 aliphatic carbocycles. The quantitative estimate of drug-likeness (QED) is 0.630. The number of benzene rings is 1. The summed E-state index contributed by atoms with van der Waals surface area (Å²) in [5, 5.41) is 3.40. The second kappa shape index (κ2) is 8.54. The Morgan fingerprint density at radius 3 is 2.56 bits per heavy atom. The third kappa shape index (κ3) is 3.86. The molecule has 32 heavy (non-hydrogen) atoms. The number of likely N-dealkylation sites (tertiary alicyclic amines) is 1. The molecule has 1 aromatic carbocycles. The van der Waals surface area contributed by atoms with Crippen LogP contribution in [0.25, 0.3) is 11.2 Å². The second-order valence-electron chi connectivity index (χ2n) is 8.62. The number of nitrogens with zero attached hydrogens (tertiary/aromatic N) is 4. The zero-order valence-electron chi connectivity index (χ0n) is 18.2. The molecular weight excluding hydrogens is 426 g/mol. The summed E-state index contributed by atoms with van der Waals surface area (Å²) >= 11 is 6.21. The van der Waals surface area contributed by atoms with Gasteiger partial charge in [-0.3, -0.25) is 9.59 Å². The first-order chi connectivity index (χ1) is 15.5. The maximum atomic E-state index is 13.4. The molecule has 1 saturated heterocycles. The minimum atomic E-state index is -0.313. The van der Waals surface area contributed by atoms with E-state index >= 15 is 0 Å². The van der Waals surface area contributed by atoms with E-state index in [1.165, 1.54) is 6.42 Å². The number of nitrogens with one attached hydrogen (secondary N) is 1. The number of imidazole rings is 1. The van der Waals surface area contributed by atoms with E-state index in [4.69, 9.17) is 21.6 Å². The summed E-state index contributed by atoms with van der Waals surface area (Å²) in [6, 6.07) is 6.76. The fraction of sp³-hybridized carbons (Fsp3) is 0.417. The van der Waals surface area contributed by atoms with Gasteiger partial charge in [-0.2, -0.15) is 0 Å². The monoisotopic (exact) mass is 451 g/mol. The van der Waals surface area contributed by atoms with Crippen molar-refractivity contribution in [2.75, 3.05) is 18.4 Å². The molecule has 0 spiro atoms. The molecule has 4 heterocycles. The minimum absolute atomic E-state index is 0.0840. The Labute approximate surface area is 191 Å². The molecule has 2 aromatic heterocycles. The van der Waals surface area contributed by atoms with Gasteiger partial charge in [0, 0.05) is 36.8 Å². The average molecular weight is 452 g/mol. The van der Waals surface area contributed by atoms with Crippen molar-refractivity contribution in [2.24, 2.45) is 0 Å². The highest BCUT2D eigenvalue weighted by molar-refractivity contribution is 6.31. The standard InChI is InChI=1S/C24H26ClN5O2/c1-15-13-18(21-22(26-15)30-12-4-2-3-7-20(30)28-21)23(31)27-19-14-16(25)8-9-17(19)24(32)29-10-5-6-11-29/h8-9,13-14H,2-7,10-12H2,1H3,(H,27,31). The molecule has 0 bridgehead atoms. The lowest BCUT2D eigenvalue weighted by molar-refractivity contribution is 0.0794. The van der Waals surface area contributed by atoms with E-state index in [-0.39, 0.29) is 11.8 Å². The highest BCUT2D eigenvalue weighted by atomic mass is 35.5. The van der Waals surface area contributed by atoms with Crippen molar-refractivity contribution in [2.45, 2.75) is 52.0 Å². The maximum absolute atomic E-state index is 13.4. The first kappa shape index (κ1) is 20.9. The lowest BCUT2D eigenvalue weighted by atomic mass is 10.1. The van der Waals surface area contributed by atoms with Crippen molar-refractivity contribution in [3.05, 3.63) is 51.9 Å². The number of carbonyl (C=O) groups excluding carboxylic acids is 2. The number of pyridine rings is 1. The molecule has 5 rings (SSSR count). The predicted molar refractivity (Wildman–Crippen MR) is 124 cm³/mol. The molecule has 3 aromatic rings. The van der Waals surface area contributed by atoms with E-state index in [0.717, 1.165) is 68.9 Å². The molecule has 0 saturated carbocycles. The van der Waals surface area contributed by atoms with Crippen molar-refractivity contribution < 1.29 is 9.59 Å². The number of rotatable bonds is 3. The molecule has 0 unspecified atom stereocenters. The Morgan fingerprint density at radius 1 is 0.969 bits per heavy atom. The van der Waals surface area contributed by atoms with Crippen LogP contribution < -0.4 is 5.32 Å². The largest absolute Gasteiger partial charge is 0.339 e. The van der Waals surface area contributed by atoms with Crippen LogP contribution in [0.3, 0.4) is 0 Å². The SMILES string of the molecule is Cc1cc(C(=O)Nc2cc(Cl)ccc2C(=O)N2CCCC2)c2nc3n(c2n1)CCCCC3. The maximum Gasteiger partial charge on any atom is 0.258 e. The molecule has 2 aliphatic heterocycles. The van der Waals surface area contributed by atoms with Crippen LogP contribution in [0.5, 0.6) is 0 Å². The van der Waals surface area contributed by atoms with E-state index in [9.17, 15) is 9.59 Å². The molecule has 0 atom stereocenters. The highest BCUT2D eigenvalue weighted by Crippen LogP contribution is 2.27. The molecule has 2 aliphatic rings. The van der Waals surface area contributed by atoms with Crippen LogP contribution in [0, 0.1) is 6.92 Å². The summed E-state index contributed by atoms with van der Waals surface area (Å²) in [7, 11) is 0. The topological polar surface area (TPSA) is 80.1 Å². The second-order valence-corrected chi connectivity index (χ2v) is 9.05. The van der Waals surface area contributed by atoms with Crippen molar-refractivity contribution in [1.29, 1.82) is 0 Å². The minimum Gasteiger partial charge on any atom is -0.339 e. The number of aromatic nitrogens is 3. The summed E-state index contributed by atoms with van der Waals surface area (Å²) in [6.45, 7) is 4.22. The van der Waals surface area contributed by atoms with Gasteiger partial charge in [0.25, 0.3) is 11.8 Å². The van der Waals surface area contributed by atoms with Crippen molar-refractivity contribution in [3.8, 4) is 0 Å². The number of aryl methyl sites for hydroxylation is 3. The lowest BCUT2D eigenvalue weighted by Crippen LogP contribution is -2.29. The number of halogens is 1. The van der Waals surface area contributed by atoms with Gasteiger partial charge in [-0.1, -0.05) is 18.0 Å². The van der Waals surface area contributed by atoms with Crippen molar-refractivity contribution in [1.82, 2.24) is 19.4 Å². The number of amides is 2. The number of anilines is 1. The van der Waals surface area contributed by atoms with Gasteiger partial charge < -0.3 is 14.8 Å².